The summed E-state index contributed by atoms with van der Waals surface area (Å²) in [5.74, 6) is -2.09. The van der Waals surface area contributed by atoms with E-state index in [0.29, 0.717) is 12.0 Å². The van der Waals surface area contributed by atoms with E-state index < -0.39 is 47.5 Å². The molecule has 2 unspecified atom stereocenters. The van der Waals surface area contributed by atoms with Crippen molar-refractivity contribution in [3.63, 3.8) is 0 Å². The Bertz CT molecular complexity index is 1020. The lowest BCUT2D eigenvalue weighted by atomic mass is 9.99. The van der Waals surface area contributed by atoms with E-state index in [1.54, 1.807) is 39.8 Å². The van der Waals surface area contributed by atoms with E-state index in [9.17, 15) is 24.0 Å². The standard InChI is InChI=1S/C30H48N4O7/c1-7-9-10-11-19-34(28(38)23(15-16-24(31)35)33-29(39)41-30(4,5)6)26(22-14-12-13-21(3)20-22)27(37)32-18-17-25(36)40-8-2/h12-14,20,23,26H,7-11,15-19H2,1-6H3,(H2,31,35)(H,32,37)(H,33,39). The quantitative estimate of drug-likeness (QED) is 0.189. The van der Waals surface area contributed by atoms with Gasteiger partial charge in [0, 0.05) is 19.5 Å². The number of carbonyl (C=O) groups is 5. The zero-order valence-corrected chi connectivity index (χ0v) is 25.4. The van der Waals surface area contributed by atoms with Crippen molar-refractivity contribution in [2.45, 2.75) is 104 Å². The van der Waals surface area contributed by atoms with Crippen LogP contribution < -0.4 is 16.4 Å². The van der Waals surface area contributed by atoms with Gasteiger partial charge < -0.3 is 30.7 Å². The van der Waals surface area contributed by atoms with E-state index in [1.165, 1.54) is 4.90 Å². The molecule has 41 heavy (non-hydrogen) atoms. The predicted octanol–water partition coefficient (Wildman–Crippen LogP) is 3.67. The third-order valence-corrected chi connectivity index (χ3v) is 6.06. The molecule has 2 atom stereocenters. The zero-order chi connectivity index (χ0) is 31.0. The van der Waals surface area contributed by atoms with E-state index in [1.807, 2.05) is 19.1 Å². The molecule has 11 heteroatoms. The lowest BCUT2D eigenvalue weighted by Crippen LogP contribution is -2.53. The number of nitrogens with one attached hydrogen (secondary N) is 2. The minimum Gasteiger partial charge on any atom is -0.466 e. The van der Waals surface area contributed by atoms with E-state index in [-0.39, 0.29) is 39.0 Å². The van der Waals surface area contributed by atoms with Crippen LogP contribution in [-0.2, 0) is 28.7 Å². The van der Waals surface area contributed by atoms with Gasteiger partial charge in [-0.1, -0.05) is 56.0 Å². The fourth-order valence-electron chi connectivity index (χ4n) is 4.20. The molecule has 0 fully saturated rings. The molecule has 0 aromatic heterocycles. The molecular weight excluding hydrogens is 528 g/mol. The number of alkyl carbamates (subject to hydrolysis) is 1. The van der Waals surface area contributed by atoms with Crippen LogP contribution in [0.3, 0.4) is 0 Å². The van der Waals surface area contributed by atoms with Gasteiger partial charge in [-0.2, -0.15) is 0 Å². The van der Waals surface area contributed by atoms with Crippen molar-refractivity contribution < 1.29 is 33.4 Å². The number of unbranched alkanes of at least 4 members (excludes halogenated alkanes) is 3. The lowest BCUT2D eigenvalue weighted by Gasteiger charge is -2.34. The number of nitrogens with two attached hydrogens (primary N) is 1. The Labute approximate surface area is 243 Å². The summed E-state index contributed by atoms with van der Waals surface area (Å²) >= 11 is 0. The van der Waals surface area contributed by atoms with Crippen LogP contribution in [0.2, 0.25) is 0 Å². The van der Waals surface area contributed by atoms with Gasteiger partial charge in [-0.05, 0) is 53.0 Å². The zero-order valence-electron chi connectivity index (χ0n) is 25.4. The van der Waals surface area contributed by atoms with E-state index in [4.69, 9.17) is 15.2 Å². The smallest absolute Gasteiger partial charge is 0.408 e. The van der Waals surface area contributed by atoms with Crippen LogP contribution in [0.4, 0.5) is 4.79 Å². The molecule has 4 amide bonds. The summed E-state index contributed by atoms with van der Waals surface area (Å²) in [6.45, 7) is 11.2. The van der Waals surface area contributed by atoms with Gasteiger partial charge in [-0.25, -0.2) is 4.79 Å². The molecule has 0 radical (unpaired) electrons. The number of esters is 1. The van der Waals surface area contributed by atoms with Crippen LogP contribution in [0.25, 0.3) is 0 Å². The first-order chi connectivity index (χ1) is 19.3. The molecule has 4 N–H and O–H groups in total. The molecule has 0 spiro atoms. The normalized spacial score (nSPS) is 12.5. The van der Waals surface area contributed by atoms with Gasteiger partial charge >= 0.3 is 12.1 Å². The minimum absolute atomic E-state index is 0.0218. The Hall–Kier alpha value is -3.63. The first kappa shape index (κ1) is 35.4. The van der Waals surface area contributed by atoms with E-state index >= 15 is 0 Å². The molecule has 230 valence electrons. The van der Waals surface area contributed by atoms with Crippen LogP contribution in [-0.4, -0.2) is 66.0 Å². The number of aryl methyl sites for hydroxylation is 1. The second-order valence-corrected chi connectivity index (χ2v) is 11.0. The van der Waals surface area contributed by atoms with Crippen LogP contribution >= 0.6 is 0 Å². The molecule has 1 aromatic carbocycles. The molecular formula is C30H48N4O7. The Morgan fingerprint density at radius 1 is 1.02 bits per heavy atom. The third-order valence-electron chi connectivity index (χ3n) is 6.06. The van der Waals surface area contributed by atoms with Crippen LogP contribution in [0, 0.1) is 6.92 Å². The van der Waals surface area contributed by atoms with Gasteiger partial charge in [0.25, 0.3) is 0 Å². The monoisotopic (exact) mass is 576 g/mol. The SMILES string of the molecule is CCCCCCN(C(=O)C(CCC(N)=O)NC(=O)OC(C)(C)C)C(C(=O)NCCC(=O)OCC)c1cccc(C)c1. The summed E-state index contributed by atoms with van der Waals surface area (Å²) in [5, 5.41) is 5.35. The highest BCUT2D eigenvalue weighted by Crippen LogP contribution is 2.25. The van der Waals surface area contributed by atoms with Crippen molar-refractivity contribution in [3.05, 3.63) is 35.4 Å². The highest BCUT2D eigenvalue weighted by molar-refractivity contribution is 5.92. The molecule has 0 bridgehead atoms. The van der Waals surface area contributed by atoms with Crippen LogP contribution in [0.5, 0.6) is 0 Å². The average Bonchev–Trinajstić information content (AvgIpc) is 2.86. The minimum atomic E-state index is -1.16. The number of hydrogen-bond donors (Lipinski definition) is 3. The van der Waals surface area contributed by atoms with Gasteiger partial charge in [-0.3, -0.25) is 19.2 Å². The molecule has 0 aliphatic heterocycles. The number of primary amides is 1. The highest BCUT2D eigenvalue weighted by Gasteiger charge is 2.36. The Balaban J connectivity index is 3.45. The number of ether oxygens (including phenoxy) is 2. The second-order valence-electron chi connectivity index (χ2n) is 11.0. The molecule has 0 aliphatic rings. The molecule has 0 saturated carbocycles. The van der Waals surface area contributed by atoms with E-state index in [0.717, 1.165) is 24.8 Å². The number of nitrogens with zero attached hydrogens (tertiary/aromatic N) is 1. The number of carbonyl (C=O) groups excluding carboxylic acids is 5. The maximum absolute atomic E-state index is 14.1. The van der Waals surface area contributed by atoms with Crippen molar-refractivity contribution in [2.75, 3.05) is 19.7 Å². The van der Waals surface area contributed by atoms with Crippen LogP contribution in [0.1, 0.15) is 96.7 Å². The first-order valence-corrected chi connectivity index (χ1v) is 14.4. The maximum Gasteiger partial charge on any atom is 0.408 e. The Morgan fingerprint density at radius 2 is 1.73 bits per heavy atom. The molecule has 1 rings (SSSR count). The van der Waals surface area contributed by atoms with Gasteiger partial charge in [0.15, 0.2) is 0 Å². The van der Waals surface area contributed by atoms with Gasteiger partial charge in [0.1, 0.15) is 17.7 Å². The number of rotatable bonds is 17. The topological polar surface area (TPSA) is 157 Å². The predicted molar refractivity (Wildman–Crippen MR) is 156 cm³/mol. The number of hydrogen-bond acceptors (Lipinski definition) is 7. The molecule has 0 aliphatic carbocycles. The Kier molecular flexibility index (Phi) is 15.5. The molecule has 0 saturated heterocycles. The Morgan fingerprint density at radius 3 is 2.32 bits per heavy atom. The summed E-state index contributed by atoms with van der Waals surface area (Å²) in [6, 6.07) is 5.04. The van der Waals surface area contributed by atoms with Crippen molar-refractivity contribution in [1.29, 1.82) is 0 Å². The molecule has 11 nitrogen and oxygen atoms in total. The van der Waals surface area contributed by atoms with Crippen molar-refractivity contribution in [1.82, 2.24) is 15.5 Å². The summed E-state index contributed by atoms with van der Waals surface area (Å²) < 4.78 is 10.3. The van der Waals surface area contributed by atoms with E-state index in [2.05, 4.69) is 17.6 Å². The summed E-state index contributed by atoms with van der Waals surface area (Å²) in [5.41, 5.74) is 6.02. The second kappa shape index (κ2) is 17.9. The fraction of sp³-hybridized carbons (Fsp3) is 0.633. The lowest BCUT2D eigenvalue weighted by molar-refractivity contribution is -0.144. The first-order valence-electron chi connectivity index (χ1n) is 14.4. The average molecular weight is 577 g/mol. The fourth-order valence-corrected chi connectivity index (χ4v) is 4.20. The highest BCUT2D eigenvalue weighted by atomic mass is 16.6. The summed E-state index contributed by atoms with van der Waals surface area (Å²) in [4.78, 5) is 65.4. The van der Waals surface area contributed by atoms with Gasteiger partial charge in [0.05, 0.1) is 13.0 Å². The summed E-state index contributed by atoms with van der Waals surface area (Å²) in [7, 11) is 0. The van der Waals surface area contributed by atoms with Gasteiger partial charge in [-0.15, -0.1) is 0 Å². The summed E-state index contributed by atoms with van der Waals surface area (Å²) in [6.07, 6.45) is 2.31. The largest absolute Gasteiger partial charge is 0.466 e. The molecule has 1 aromatic rings. The number of amides is 4. The third kappa shape index (κ3) is 14.0. The molecule has 0 heterocycles. The van der Waals surface area contributed by atoms with Crippen molar-refractivity contribution in [2.24, 2.45) is 5.73 Å². The van der Waals surface area contributed by atoms with Crippen molar-refractivity contribution >= 4 is 29.8 Å². The van der Waals surface area contributed by atoms with Crippen LogP contribution in [0.15, 0.2) is 24.3 Å². The maximum atomic E-state index is 14.1. The number of benzene rings is 1. The van der Waals surface area contributed by atoms with Crippen molar-refractivity contribution in [3.8, 4) is 0 Å². The van der Waals surface area contributed by atoms with Gasteiger partial charge in [0.2, 0.25) is 17.7 Å².